The van der Waals surface area contributed by atoms with Gasteiger partial charge in [-0.2, -0.15) is 0 Å². The number of benzene rings is 1. The van der Waals surface area contributed by atoms with Crippen molar-refractivity contribution in [3.63, 3.8) is 0 Å². The van der Waals surface area contributed by atoms with E-state index >= 15 is 0 Å². The number of hydrogen-bond donors (Lipinski definition) is 2. The molecule has 0 bridgehead atoms. The number of carbonyl (C=O) groups excluding carboxylic acids is 1. The Kier molecular flexibility index (Phi) is 4.57. The van der Waals surface area contributed by atoms with Crippen LogP contribution in [0.3, 0.4) is 0 Å². The quantitative estimate of drug-likeness (QED) is 0.862. The maximum absolute atomic E-state index is 11.9. The molecule has 1 amide bonds. The van der Waals surface area contributed by atoms with Gasteiger partial charge >= 0.3 is 12.1 Å². The van der Waals surface area contributed by atoms with Crippen molar-refractivity contribution in [1.29, 1.82) is 0 Å². The molecule has 0 spiro atoms. The van der Waals surface area contributed by atoms with Crippen LogP contribution in [-0.2, 0) is 16.1 Å². The molecule has 0 aliphatic carbocycles. The number of nitrogens with zero attached hydrogens (tertiary/aromatic N) is 1. The van der Waals surface area contributed by atoms with E-state index in [1.165, 1.54) is 4.90 Å². The number of amides is 1. The Morgan fingerprint density at radius 1 is 1.35 bits per heavy atom. The maximum Gasteiger partial charge on any atom is 0.410 e. The van der Waals surface area contributed by atoms with Gasteiger partial charge in [0.15, 0.2) is 0 Å². The fraction of sp³-hybridized carbons (Fsp3) is 0.429. The van der Waals surface area contributed by atoms with E-state index in [9.17, 15) is 9.59 Å². The lowest BCUT2D eigenvalue weighted by atomic mass is 9.93. The molecule has 0 saturated carbocycles. The Morgan fingerprint density at radius 2 is 2.05 bits per heavy atom. The van der Waals surface area contributed by atoms with E-state index in [0.29, 0.717) is 13.0 Å². The standard InChI is InChI=1S/C14H18N2O4/c15-12-8-16(7-6-11(12)13(17)18)14(19)20-9-10-4-2-1-3-5-10/h1-5,11-12H,6-9,15H2,(H,17,18)/t11-,12+/m0/s1. The minimum absolute atomic E-state index is 0.202. The highest BCUT2D eigenvalue weighted by Gasteiger charge is 2.34. The van der Waals surface area contributed by atoms with Gasteiger partial charge in [-0.1, -0.05) is 30.3 Å². The van der Waals surface area contributed by atoms with E-state index in [1.807, 2.05) is 30.3 Å². The summed E-state index contributed by atoms with van der Waals surface area (Å²) in [6, 6.07) is 8.83. The first-order valence-corrected chi connectivity index (χ1v) is 6.52. The first kappa shape index (κ1) is 14.3. The fourth-order valence-electron chi connectivity index (χ4n) is 2.27. The molecule has 0 unspecified atom stereocenters. The monoisotopic (exact) mass is 278 g/mol. The van der Waals surface area contributed by atoms with Crippen LogP contribution in [0.4, 0.5) is 4.79 Å². The molecule has 108 valence electrons. The number of piperidine rings is 1. The van der Waals surface area contributed by atoms with Crippen LogP contribution in [0, 0.1) is 5.92 Å². The van der Waals surface area contributed by atoms with Gasteiger partial charge in [0.05, 0.1) is 5.92 Å². The summed E-state index contributed by atoms with van der Waals surface area (Å²) in [6.45, 7) is 0.774. The second-order valence-corrected chi connectivity index (χ2v) is 4.88. The Balaban J connectivity index is 1.84. The summed E-state index contributed by atoms with van der Waals surface area (Å²) in [5.74, 6) is -1.50. The molecule has 6 heteroatoms. The van der Waals surface area contributed by atoms with Crippen molar-refractivity contribution >= 4 is 12.1 Å². The molecular formula is C14H18N2O4. The normalized spacial score (nSPS) is 22.4. The Hall–Kier alpha value is -2.08. The highest BCUT2D eigenvalue weighted by atomic mass is 16.6. The van der Waals surface area contributed by atoms with Gasteiger partial charge in [-0.05, 0) is 12.0 Å². The Labute approximate surface area is 117 Å². The van der Waals surface area contributed by atoms with Crippen molar-refractivity contribution in [2.45, 2.75) is 19.1 Å². The van der Waals surface area contributed by atoms with E-state index in [0.717, 1.165) is 5.56 Å². The molecule has 2 atom stereocenters. The van der Waals surface area contributed by atoms with Crippen LogP contribution in [0.15, 0.2) is 30.3 Å². The van der Waals surface area contributed by atoms with E-state index in [4.69, 9.17) is 15.6 Å². The predicted octanol–water partition coefficient (Wildman–Crippen LogP) is 1.06. The van der Waals surface area contributed by atoms with Crippen LogP contribution in [0.2, 0.25) is 0 Å². The number of carbonyl (C=O) groups is 2. The average Bonchev–Trinajstić information content (AvgIpc) is 2.45. The molecule has 1 aliphatic heterocycles. The molecule has 1 aromatic carbocycles. The third-order valence-electron chi connectivity index (χ3n) is 3.44. The second kappa shape index (κ2) is 6.38. The van der Waals surface area contributed by atoms with Crippen molar-refractivity contribution < 1.29 is 19.4 Å². The number of hydrogen-bond acceptors (Lipinski definition) is 4. The molecule has 1 fully saturated rings. The van der Waals surface area contributed by atoms with Gasteiger partial charge < -0.3 is 20.5 Å². The van der Waals surface area contributed by atoms with Gasteiger partial charge in [0.25, 0.3) is 0 Å². The van der Waals surface area contributed by atoms with Crippen molar-refractivity contribution in [3.8, 4) is 0 Å². The second-order valence-electron chi connectivity index (χ2n) is 4.88. The minimum atomic E-state index is -0.908. The van der Waals surface area contributed by atoms with Crippen molar-refractivity contribution in [3.05, 3.63) is 35.9 Å². The lowest BCUT2D eigenvalue weighted by molar-refractivity contribution is -0.143. The lowest BCUT2D eigenvalue weighted by Gasteiger charge is -2.33. The van der Waals surface area contributed by atoms with Crippen LogP contribution in [0.5, 0.6) is 0 Å². The summed E-state index contributed by atoms with van der Waals surface area (Å²) in [7, 11) is 0. The van der Waals surface area contributed by atoms with E-state index in [1.54, 1.807) is 0 Å². The number of rotatable bonds is 3. The van der Waals surface area contributed by atoms with Gasteiger partial charge in [-0.3, -0.25) is 4.79 Å². The van der Waals surface area contributed by atoms with Crippen molar-refractivity contribution in [2.24, 2.45) is 11.7 Å². The molecule has 1 aliphatic rings. The van der Waals surface area contributed by atoms with Crippen LogP contribution < -0.4 is 5.73 Å². The van der Waals surface area contributed by atoms with Gasteiger partial charge in [0.2, 0.25) is 0 Å². The molecule has 0 radical (unpaired) electrons. The Morgan fingerprint density at radius 3 is 2.65 bits per heavy atom. The summed E-state index contributed by atoms with van der Waals surface area (Å²) in [5.41, 5.74) is 6.69. The highest BCUT2D eigenvalue weighted by molar-refractivity contribution is 5.72. The summed E-state index contributed by atoms with van der Waals surface area (Å²) < 4.78 is 5.20. The molecule has 0 aromatic heterocycles. The van der Waals surface area contributed by atoms with E-state index in [2.05, 4.69) is 0 Å². The molecule has 1 heterocycles. The predicted molar refractivity (Wildman–Crippen MR) is 71.9 cm³/mol. The fourth-order valence-corrected chi connectivity index (χ4v) is 2.27. The van der Waals surface area contributed by atoms with Crippen LogP contribution >= 0.6 is 0 Å². The zero-order chi connectivity index (χ0) is 14.5. The summed E-state index contributed by atoms with van der Waals surface area (Å²) >= 11 is 0. The smallest absolute Gasteiger partial charge is 0.410 e. The van der Waals surface area contributed by atoms with Gasteiger partial charge in [-0.15, -0.1) is 0 Å². The number of ether oxygens (including phenoxy) is 1. The first-order valence-electron chi connectivity index (χ1n) is 6.52. The summed E-state index contributed by atoms with van der Waals surface area (Å²) in [6.07, 6.45) is -0.0927. The van der Waals surface area contributed by atoms with Crippen LogP contribution in [0.25, 0.3) is 0 Å². The zero-order valence-electron chi connectivity index (χ0n) is 11.1. The molecule has 1 saturated heterocycles. The molecular weight excluding hydrogens is 260 g/mol. The van der Waals surface area contributed by atoms with Gasteiger partial charge in [0.1, 0.15) is 6.61 Å². The number of aliphatic carboxylic acids is 1. The maximum atomic E-state index is 11.9. The highest BCUT2D eigenvalue weighted by Crippen LogP contribution is 2.17. The zero-order valence-corrected chi connectivity index (χ0v) is 11.1. The number of likely N-dealkylation sites (tertiary alicyclic amines) is 1. The number of carboxylic acid groups (broad SMARTS) is 1. The Bertz CT molecular complexity index is 477. The third-order valence-corrected chi connectivity index (χ3v) is 3.44. The summed E-state index contributed by atoms with van der Waals surface area (Å²) in [4.78, 5) is 24.3. The van der Waals surface area contributed by atoms with Gasteiger partial charge in [-0.25, -0.2) is 4.79 Å². The van der Waals surface area contributed by atoms with Gasteiger partial charge in [0, 0.05) is 19.1 Å². The molecule has 6 nitrogen and oxygen atoms in total. The SMILES string of the molecule is N[C@@H]1CN(C(=O)OCc2ccccc2)CC[C@@H]1C(=O)O. The topological polar surface area (TPSA) is 92.9 Å². The third kappa shape index (κ3) is 3.48. The largest absolute Gasteiger partial charge is 0.481 e. The molecule has 20 heavy (non-hydrogen) atoms. The molecule has 1 aromatic rings. The molecule has 2 rings (SSSR count). The number of nitrogens with two attached hydrogens (primary N) is 1. The van der Waals surface area contributed by atoms with Crippen LogP contribution in [-0.4, -0.2) is 41.2 Å². The molecule has 3 N–H and O–H groups in total. The summed E-state index contributed by atoms with van der Waals surface area (Å²) in [5, 5.41) is 8.97. The van der Waals surface area contributed by atoms with E-state index < -0.39 is 24.0 Å². The average molecular weight is 278 g/mol. The van der Waals surface area contributed by atoms with E-state index in [-0.39, 0.29) is 13.2 Å². The van der Waals surface area contributed by atoms with Crippen LogP contribution in [0.1, 0.15) is 12.0 Å². The minimum Gasteiger partial charge on any atom is -0.481 e. The van der Waals surface area contributed by atoms with Crippen molar-refractivity contribution in [1.82, 2.24) is 4.90 Å². The van der Waals surface area contributed by atoms with Crippen molar-refractivity contribution in [2.75, 3.05) is 13.1 Å². The lowest BCUT2D eigenvalue weighted by Crippen LogP contribution is -2.52. The first-order chi connectivity index (χ1) is 9.58. The number of carboxylic acids is 1.